The molecule has 0 N–H and O–H groups in total. The molecular formula is C64H122O6. The Kier molecular flexibility index (Phi) is 58.1. The van der Waals surface area contributed by atoms with Crippen LogP contribution in [0.3, 0.4) is 0 Å². The number of esters is 3. The van der Waals surface area contributed by atoms with Gasteiger partial charge in [-0.25, -0.2) is 0 Å². The summed E-state index contributed by atoms with van der Waals surface area (Å²) in [4.78, 5) is 38.0. The van der Waals surface area contributed by atoms with Crippen molar-refractivity contribution in [1.82, 2.24) is 0 Å². The van der Waals surface area contributed by atoms with Crippen molar-refractivity contribution in [2.75, 3.05) is 13.2 Å². The molecule has 414 valence electrons. The van der Waals surface area contributed by atoms with E-state index in [-0.39, 0.29) is 31.1 Å². The monoisotopic (exact) mass is 987 g/mol. The van der Waals surface area contributed by atoms with Gasteiger partial charge in [-0.2, -0.15) is 0 Å². The summed E-state index contributed by atoms with van der Waals surface area (Å²) in [7, 11) is 0. The minimum atomic E-state index is -0.768. The normalized spacial score (nSPS) is 12.0. The summed E-state index contributed by atoms with van der Waals surface area (Å²) >= 11 is 0. The van der Waals surface area contributed by atoms with Gasteiger partial charge >= 0.3 is 17.9 Å². The second-order valence-electron chi connectivity index (χ2n) is 21.7. The van der Waals surface area contributed by atoms with Gasteiger partial charge in [-0.1, -0.05) is 309 Å². The first kappa shape index (κ1) is 68.2. The molecule has 0 heterocycles. The third-order valence-corrected chi connectivity index (χ3v) is 14.5. The summed E-state index contributed by atoms with van der Waals surface area (Å²) in [5.74, 6) is -0.856. The maximum Gasteiger partial charge on any atom is 0.306 e. The molecule has 1 unspecified atom stereocenters. The Morgan fingerprint density at radius 3 is 0.743 bits per heavy atom. The molecule has 0 aromatic rings. The van der Waals surface area contributed by atoms with E-state index in [0.717, 1.165) is 64.2 Å². The Bertz CT molecular complexity index is 1090. The molecule has 0 aliphatic heterocycles. The molecule has 0 fully saturated rings. The standard InChI is InChI=1S/C64H122O6/c1-4-7-10-13-16-19-22-24-25-26-27-28-29-30-31-32-33-34-35-36-37-38-39-40-41-43-45-48-51-54-57-63(66)69-60-61(59-68-62(65)56-53-50-47-44-21-18-15-12-9-6-3)70-64(67)58-55-52-49-46-42-23-20-17-14-11-8-5-2/h17,20,61H,4-16,18-19,21-60H2,1-3H3/b20-17-. The van der Waals surface area contributed by atoms with Crippen molar-refractivity contribution < 1.29 is 28.6 Å². The average molecular weight is 988 g/mol. The lowest BCUT2D eigenvalue weighted by Crippen LogP contribution is -2.30. The van der Waals surface area contributed by atoms with Crippen molar-refractivity contribution in [2.45, 2.75) is 367 Å². The minimum absolute atomic E-state index is 0.0678. The van der Waals surface area contributed by atoms with Gasteiger partial charge in [0.25, 0.3) is 0 Å². The number of ether oxygens (including phenoxy) is 3. The van der Waals surface area contributed by atoms with Crippen LogP contribution >= 0.6 is 0 Å². The van der Waals surface area contributed by atoms with Gasteiger partial charge < -0.3 is 14.2 Å². The van der Waals surface area contributed by atoms with Crippen molar-refractivity contribution in [2.24, 2.45) is 0 Å². The van der Waals surface area contributed by atoms with Crippen LogP contribution in [0.2, 0.25) is 0 Å². The number of allylic oxidation sites excluding steroid dienone is 2. The van der Waals surface area contributed by atoms with Crippen LogP contribution < -0.4 is 0 Å². The third-order valence-electron chi connectivity index (χ3n) is 14.5. The van der Waals surface area contributed by atoms with Crippen molar-refractivity contribution >= 4 is 17.9 Å². The average Bonchev–Trinajstić information content (AvgIpc) is 3.36. The Morgan fingerprint density at radius 2 is 0.471 bits per heavy atom. The summed E-state index contributed by atoms with van der Waals surface area (Å²) in [6.45, 7) is 6.65. The lowest BCUT2D eigenvalue weighted by molar-refractivity contribution is -0.167. The zero-order valence-corrected chi connectivity index (χ0v) is 47.6. The fourth-order valence-corrected chi connectivity index (χ4v) is 9.74. The van der Waals surface area contributed by atoms with E-state index in [1.165, 1.54) is 257 Å². The predicted octanol–water partition coefficient (Wildman–Crippen LogP) is 21.3. The van der Waals surface area contributed by atoms with Gasteiger partial charge in [0.05, 0.1) is 0 Å². The van der Waals surface area contributed by atoms with Gasteiger partial charge in [0.1, 0.15) is 13.2 Å². The summed E-state index contributed by atoms with van der Waals surface area (Å²) in [5, 5.41) is 0. The fourth-order valence-electron chi connectivity index (χ4n) is 9.74. The fraction of sp³-hybridized carbons (Fsp3) is 0.922. The number of rotatable bonds is 59. The highest BCUT2D eigenvalue weighted by Gasteiger charge is 2.19. The maximum absolute atomic E-state index is 12.8. The first-order valence-corrected chi connectivity index (χ1v) is 31.7. The van der Waals surface area contributed by atoms with Crippen molar-refractivity contribution in [3.05, 3.63) is 12.2 Å². The Morgan fingerprint density at radius 1 is 0.271 bits per heavy atom. The molecule has 0 aromatic carbocycles. The zero-order valence-electron chi connectivity index (χ0n) is 47.6. The molecule has 6 nitrogen and oxygen atoms in total. The molecule has 0 spiro atoms. The van der Waals surface area contributed by atoms with Gasteiger partial charge in [0.15, 0.2) is 6.10 Å². The summed E-state index contributed by atoms with van der Waals surface area (Å²) in [6, 6.07) is 0. The van der Waals surface area contributed by atoms with E-state index in [2.05, 4.69) is 32.9 Å². The van der Waals surface area contributed by atoms with E-state index in [9.17, 15) is 14.4 Å². The van der Waals surface area contributed by atoms with Crippen molar-refractivity contribution in [1.29, 1.82) is 0 Å². The summed E-state index contributed by atoms with van der Waals surface area (Å²) in [6.07, 6.45) is 69.7. The number of carbonyl (C=O) groups excluding carboxylic acids is 3. The molecular weight excluding hydrogens is 865 g/mol. The Labute approximate surface area is 437 Å². The van der Waals surface area contributed by atoms with Crippen molar-refractivity contribution in [3.8, 4) is 0 Å². The van der Waals surface area contributed by atoms with Crippen LogP contribution in [0, 0.1) is 0 Å². The lowest BCUT2D eigenvalue weighted by atomic mass is 10.0. The highest BCUT2D eigenvalue weighted by molar-refractivity contribution is 5.71. The van der Waals surface area contributed by atoms with Crippen LogP contribution in [0.5, 0.6) is 0 Å². The van der Waals surface area contributed by atoms with Gasteiger partial charge in [0.2, 0.25) is 0 Å². The van der Waals surface area contributed by atoms with Gasteiger partial charge in [-0.05, 0) is 44.9 Å². The molecule has 0 radical (unpaired) electrons. The molecule has 0 aromatic heterocycles. The van der Waals surface area contributed by atoms with Crippen LogP contribution in [-0.4, -0.2) is 37.2 Å². The van der Waals surface area contributed by atoms with Crippen LogP contribution in [0.4, 0.5) is 0 Å². The smallest absolute Gasteiger partial charge is 0.306 e. The van der Waals surface area contributed by atoms with Crippen LogP contribution in [0.25, 0.3) is 0 Å². The summed E-state index contributed by atoms with van der Waals surface area (Å²) < 4.78 is 16.8. The molecule has 1 atom stereocenters. The van der Waals surface area contributed by atoms with Crippen LogP contribution in [0.15, 0.2) is 12.2 Å². The third kappa shape index (κ3) is 57.1. The Hall–Kier alpha value is -1.85. The van der Waals surface area contributed by atoms with Gasteiger partial charge in [-0.15, -0.1) is 0 Å². The van der Waals surface area contributed by atoms with E-state index in [4.69, 9.17) is 14.2 Å². The summed E-state index contributed by atoms with van der Waals surface area (Å²) in [5.41, 5.74) is 0. The minimum Gasteiger partial charge on any atom is -0.462 e. The van der Waals surface area contributed by atoms with Crippen molar-refractivity contribution in [3.63, 3.8) is 0 Å². The molecule has 0 rings (SSSR count). The maximum atomic E-state index is 12.8. The molecule has 0 saturated carbocycles. The number of hydrogen-bond donors (Lipinski definition) is 0. The van der Waals surface area contributed by atoms with E-state index in [0.29, 0.717) is 19.3 Å². The number of carbonyl (C=O) groups is 3. The highest BCUT2D eigenvalue weighted by Crippen LogP contribution is 2.18. The van der Waals surface area contributed by atoms with E-state index in [1.54, 1.807) is 0 Å². The second-order valence-corrected chi connectivity index (χ2v) is 21.7. The topological polar surface area (TPSA) is 78.9 Å². The molecule has 0 amide bonds. The van der Waals surface area contributed by atoms with Crippen LogP contribution in [-0.2, 0) is 28.6 Å². The SMILES string of the molecule is CCCCC/C=C\CCCCCCCC(=O)OC(COC(=O)CCCCCCCCCCCC)COC(=O)CCCCCCCCCCCCCCCCCCCCCCCCCCCCCCCC. The quantitative estimate of drug-likeness (QED) is 0.0261. The first-order chi connectivity index (χ1) is 34.5. The number of hydrogen-bond acceptors (Lipinski definition) is 6. The Balaban J connectivity index is 4.00. The van der Waals surface area contributed by atoms with Crippen LogP contribution in [0.1, 0.15) is 361 Å². The van der Waals surface area contributed by atoms with E-state index < -0.39 is 6.10 Å². The first-order valence-electron chi connectivity index (χ1n) is 31.7. The molecule has 0 bridgehead atoms. The molecule has 0 aliphatic carbocycles. The highest BCUT2D eigenvalue weighted by atomic mass is 16.6. The van der Waals surface area contributed by atoms with E-state index >= 15 is 0 Å². The predicted molar refractivity (Wildman–Crippen MR) is 303 cm³/mol. The molecule has 6 heteroatoms. The van der Waals surface area contributed by atoms with E-state index in [1.807, 2.05) is 0 Å². The molecule has 0 aliphatic rings. The lowest BCUT2D eigenvalue weighted by Gasteiger charge is -2.18. The van der Waals surface area contributed by atoms with Gasteiger partial charge in [-0.3, -0.25) is 14.4 Å². The number of unbranched alkanes of at least 4 members (excludes halogenated alkanes) is 46. The van der Waals surface area contributed by atoms with Gasteiger partial charge in [0, 0.05) is 19.3 Å². The molecule has 0 saturated heterocycles. The second kappa shape index (κ2) is 59.7. The zero-order chi connectivity index (χ0) is 50.7. The molecule has 70 heavy (non-hydrogen) atoms. The largest absolute Gasteiger partial charge is 0.462 e.